The number of thioether (sulfide) groups is 1. The Bertz CT molecular complexity index is 600. The molecular weight excluding hydrogens is 297 g/mol. The van der Waals surface area contributed by atoms with Crippen molar-refractivity contribution in [2.45, 2.75) is 0 Å². The van der Waals surface area contributed by atoms with Crippen molar-refractivity contribution in [2.24, 2.45) is 0 Å². The van der Waals surface area contributed by atoms with Crippen molar-refractivity contribution in [3.05, 3.63) is 41.2 Å². The first kappa shape index (κ1) is 13.6. The van der Waals surface area contributed by atoms with Crippen molar-refractivity contribution < 1.29 is 4.39 Å². The Labute approximate surface area is 126 Å². The molecule has 0 amide bonds. The van der Waals surface area contributed by atoms with Gasteiger partial charge in [-0.15, -0.1) is 10.2 Å². The van der Waals surface area contributed by atoms with E-state index >= 15 is 0 Å². The van der Waals surface area contributed by atoms with Crippen molar-refractivity contribution in [1.29, 1.82) is 0 Å². The van der Waals surface area contributed by atoms with Crippen molar-refractivity contribution >= 4 is 29.2 Å². The Morgan fingerprint density at radius 3 is 2.55 bits per heavy atom. The second kappa shape index (κ2) is 5.97. The van der Waals surface area contributed by atoms with Crippen LogP contribution in [0.25, 0.3) is 11.3 Å². The molecule has 2 heterocycles. The Morgan fingerprint density at radius 1 is 1.10 bits per heavy atom. The molecule has 3 nitrogen and oxygen atoms in total. The van der Waals surface area contributed by atoms with Gasteiger partial charge in [0.2, 0.25) is 0 Å². The molecule has 1 aromatic heterocycles. The quantitative estimate of drug-likeness (QED) is 0.849. The summed E-state index contributed by atoms with van der Waals surface area (Å²) in [6.07, 6.45) is 0. The minimum atomic E-state index is -0.425. The van der Waals surface area contributed by atoms with Crippen molar-refractivity contribution in [2.75, 3.05) is 29.5 Å². The van der Waals surface area contributed by atoms with E-state index in [0.717, 1.165) is 36.0 Å². The topological polar surface area (TPSA) is 29.0 Å². The molecule has 1 aromatic carbocycles. The summed E-state index contributed by atoms with van der Waals surface area (Å²) >= 11 is 7.74. The molecule has 0 saturated carbocycles. The van der Waals surface area contributed by atoms with Crippen LogP contribution >= 0.6 is 23.4 Å². The molecule has 0 spiro atoms. The average Bonchev–Trinajstić information content (AvgIpc) is 2.51. The van der Waals surface area contributed by atoms with Crippen LogP contribution in [0.2, 0.25) is 5.02 Å². The van der Waals surface area contributed by atoms with Gasteiger partial charge in [0, 0.05) is 30.2 Å². The van der Waals surface area contributed by atoms with Gasteiger partial charge in [-0.2, -0.15) is 11.8 Å². The zero-order valence-electron chi connectivity index (χ0n) is 10.7. The summed E-state index contributed by atoms with van der Waals surface area (Å²) in [6, 6.07) is 8.42. The molecule has 1 saturated heterocycles. The van der Waals surface area contributed by atoms with E-state index in [1.807, 2.05) is 23.9 Å². The second-order valence-corrected chi connectivity index (χ2v) is 6.14. The minimum absolute atomic E-state index is 0.0985. The predicted octanol–water partition coefficient (Wildman–Crippen LogP) is 3.49. The normalized spacial score (nSPS) is 15.4. The first-order chi connectivity index (χ1) is 9.74. The van der Waals surface area contributed by atoms with Crippen LogP contribution in [0.1, 0.15) is 0 Å². The lowest BCUT2D eigenvalue weighted by atomic mass is 10.1. The summed E-state index contributed by atoms with van der Waals surface area (Å²) in [5.41, 5.74) is 1.46. The number of aromatic nitrogens is 2. The Balaban J connectivity index is 1.83. The minimum Gasteiger partial charge on any atom is -0.353 e. The highest BCUT2D eigenvalue weighted by Crippen LogP contribution is 2.24. The summed E-state index contributed by atoms with van der Waals surface area (Å²) in [7, 11) is 0. The van der Waals surface area contributed by atoms with E-state index in [9.17, 15) is 4.39 Å². The third-order valence-corrected chi connectivity index (χ3v) is 4.43. The van der Waals surface area contributed by atoms with Crippen molar-refractivity contribution in [1.82, 2.24) is 10.2 Å². The summed E-state index contributed by atoms with van der Waals surface area (Å²) in [5.74, 6) is 2.71. The fraction of sp³-hybridized carbons (Fsp3) is 0.286. The molecule has 1 aliphatic rings. The van der Waals surface area contributed by atoms with Crippen LogP contribution in [0.5, 0.6) is 0 Å². The smallest absolute Gasteiger partial charge is 0.151 e. The van der Waals surface area contributed by atoms with E-state index in [1.165, 1.54) is 6.07 Å². The molecule has 0 radical (unpaired) electrons. The first-order valence-electron chi connectivity index (χ1n) is 6.36. The fourth-order valence-corrected chi connectivity index (χ4v) is 3.18. The maximum Gasteiger partial charge on any atom is 0.151 e. The van der Waals surface area contributed by atoms with Gasteiger partial charge in [0.25, 0.3) is 0 Å². The third kappa shape index (κ3) is 2.88. The largest absolute Gasteiger partial charge is 0.353 e. The molecule has 104 valence electrons. The van der Waals surface area contributed by atoms with Gasteiger partial charge in [-0.25, -0.2) is 4.39 Å². The lowest BCUT2D eigenvalue weighted by Crippen LogP contribution is -2.33. The molecule has 2 aromatic rings. The molecule has 0 aliphatic carbocycles. The van der Waals surface area contributed by atoms with Crippen LogP contribution in [-0.2, 0) is 0 Å². The zero-order chi connectivity index (χ0) is 13.9. The summed E-state index contributed by atoms with van der Waals surface area (Å²) in [6.45, 7) is 2.00. The molecule has 20 heavy (non-hydrogen) atoms. The van der Waals surface area contributed by atoms with Crippen molar-refractivity contribution in [3.63, 3.8) is 0 Å². The number of nitrogens with zero attached hydrogens (tertiary/aromatic N) is 3. The van der Waals surface area contributed by atoms with Gasteiger partial charge in [-0.1, -0.05) is 11.6 Å². The number of halogens is 2. The van der Waals surface area contributed by atoms with Crippen LogP contribution in [-0.4, -0.2) is 34.8 Å². The monoisotopic (exact) mass is 309 g/mol. The molecule has 0 N–H and O–H groups in total. The highest BCUT2D eigenvalue weighted by atomic mass is 35.5. The highest BCUT2D eigenvalue weighted by molar-refractivity contribution is 7.99. The molecule has 0 atom stereocenters. The Hall–Kier alpha value is -1.33. The average molecular weight is 310 g/mol. The molecule has 0 bridgehead atoms. The molecule has 3 rings (SSSR count). The molecular formula is C14H13ClFN3S. The van der Waals surface area contributed by atoms with Gasteiger partial charge in [0.15, 0.2) is 5.82 Å². The maximum atomic E-state index is 13.1. The number of hydrogen-bond donors (Lipinski definition) is 0. The maximum absolute atomic E-state index is 13.1. The number of hydrogen-bond acceptors (Lipinski definition) is 4. The molecule has 0 unspecified atom stereocenters. The lowest BCUT2D eigenvalue weighted by Gasteiger charge is -2.26. The van der Waals surface area contributed by atoms with E-state index in [2.05, 4.69) is 15.1 Å². The van der Waals surface area contributed by atoms with Crippen LogP contribution in [0.4, 0.5) is 10.2 Å². The van der Waals surface area contributed by atoms with Gasteiger partial charge in [0.1, 0.15) is 5.82 Å². The highest BCUT2D eigenvalue weighted by Gasteiger charge is 2.13. The molecule has 1 aliphatic heterocycles. The summed E-state index contributed by atoms with van der Waals surface area (Å²) in [4.78, 5) is 2.23. The van der Waals surface area contributed by atoms with Gasteiger partial charge >= 0.3 is 0 Å². The lowest BCUT2D eigenvalue weighted by molar-refractivity contribution is 0.628. The van der Waals surface area contributed by atoms with Gasteiger partial charge < -0.3 is 4.90 Å². The van der Waals surface area contributed by atoms with Crippen LogP contribution < -0.4 is 4.90 Å². The van der Waals surface area contributed by atoms with E-state index in [-0.39, 0.29) is 5.02 Å². The standard InChI is InChI=1S/C14H13ClFN3S/c15-11-9-10(1-2-12(11)16)13-3-4-14(18-17-13)19-5-7-20-8-6-19/h1-4,9H,5-8H2. The second-order valence-electron chi connectivity index (χ2n) is 4.51. The van der Waals surface area contributed by atoms with Crippen molar-refractivity contribution in [3.8, 4) is 11.3 Å². The van der Waals surface area contributed by atoms with E-state index < -0.39 is 5.82 Å². The SMILES string of the molecule is Fc1ccc(-c2ccc(N3CCSCC3)nn2)cc1Cl. The zero-order valence-corrected chi connectivity index (χ0v) is 12.3. The number of rotatable bonds is 2. The third-order valence-electron chi connectivity index (χ3n) is 3.20. The van der Waals surface area contributed by atoms with Crippen LogP contribution in [0, 0.1) is 5.82 Å². The van der Waals surface area contributed by atoms with E-state index in [1.54, 1.807) is 12.1 Å². The summed E-state index contributed by atoms with van der Waals surface area (Å²) in [5, 5.41) is 8.57. The Kier molecular flexibility index (Phi) is 4.08. The van der Waals surface area contributed by atoms with Gasteiger partial charge in [-0.3, -0.25) is 0 Å². The molecule has 1 fully saturated rings. The molecule has 6 heteroatoms. The van der Waals surface area contributed by atoms with E-state index in [4.69, 9.17) is 11.6 Å². The van der Waals surface area contributed by atoms with Gasteiger partial charge in [0.05, 0.1) is 10.7 Å². The fourth-order valence-electron chi connectivity index (χ4n) is 2.10. The number of anilines is 1. The van der Waals surface area contributed by atoms with Gasteiger partial charge in [-0.05, 0) is 30.3 Å². The Morgan fingerprint density at radius 2 is 1.90 bits per heavy atom. The number of benzene rings is 1. The van der Waals surface area contributed by atoms with Crippen LogP contribution in [0.3, 0.4) is 0 Å². The van der Waals surface area contributed by atoms with Crippen LogP contribution in [0.15, 0.2) is 30.3 Å². The van der Waals surface area contributed by atoms with E-state index in [0.29, 0.717) is 5.69 Å². The first-order valence-corrected chi connectivity index (χ1v) is 7.89. The summed E-state index contributed by atoms with van der Waals surface area (Å²) < 4.78 is 13.1. The predicted molar refractivity (Wildman–Crippen MR) is 82.0 cm³/mol.